The third-order valence-electron chi connectivity index (χ3n) is 6.59. The van der Waals surface area contributed by atoms with Gasteiger partial charge >= 0.3 is 6.09 Å². The average molecular weight is 554 g/mol. The van der Waals surface area contributed by atoms with Crippen LogP contribution < -0.4 is 10.1 Å². The van der Waals surface area contributed by atoms with E-state index in [0.717, 1.165) is 41.8 Å². The molecule has 1 atom stereocenters. The molecular weight excluding hydrogens is 525 g/mol. The summed E-state index contributed by atoms with van der Waals surface area (Å²) in [5, 5.41) is 3.71. The molecule has 1 unspecified atom stereocenters. The SMILES string of the molecule is CN1CCN(Cc2cc(F)ccc2NC(=O)OCC(Oc2cccc3sc(Cl)cc23)c2ccccc2)CC1. The number of carbonyl (C=O) groups is 1. The van der Waals surface area contributed by atoms with Gasteiger partial charge in [-0.05, 0) is 54.6 Å². The van der Waals surface area contributed by atoms with Gasteiger partial charge in [-0.2, -0.15) is 0 Å². The van der Waals surface area contributed by atoms with Crippen LogP contribution in [0.4, 0.5) is 14.9 Å². The van der Waals surface area contributed by atoms with E-state index < -0.39 is 12.2 Å². The van der Waals surface area contributed by atoms with Gasteiger partial charge in [-0.15, -0.1) is 11.3 Å². The fraction of sp³-hybridized carbons (Fsp3) is 0.276. The number of piperazine rings is 1. The third-order valence-corrected chi connectivity index (χ3v) is 7.82. The maximum Gasteiger partial charge on any atom is 0.411 e. The molecule has 0 bridgehead atoms. The summed E-state index contributed by atoms with van der Waals surface area (Å²) in [6.45, 7) is 4.20. The minimum Gasteiger partial charge on any atom is -0.481 e. The highest BCUT2D eigenvalue weighted by molar-refractivity contribution is 7.22. The molecule has 2 heterocycles. The quantitative estimate of drug-likeness (QED) is 0.260. The monoisotopic (exact) mass is 553 g/mol. The fourth-order valence-corrected chi connectivity index (χ4v) is 5.65. The van der Waals surface area contributed by atoms with Gasteiger partial charge in [0, 0.05) is 48.5 Å². The molecule has 0 radical (unpaired) electrons. The number of carbonyl (C=O) groups excluding carboxylic acids is 1. The zero-order chi connectivity index (χ0) is 26.5. The number of likely N-dealkylation sites (N-methyl/N-ethyl adjacent to an activating group) is 1. The van der Waals surface area contributed by atoms with Crippen LogP contribution in [-0.2, 0) is 11.3 Å². The Morgan fingerprint density at radius 3 is 2.63 bits per heavy atom. The van der Waals surface area contributed by atoms with Crippen LogP contribution >= 0.6 is 22.9 Å². The minimum absolute atomic E-state index is 0.0148. The number of nitrogens with one attached hydrogen (secondary N) is 1. The van der Waals surface area contributed by atoms with E-state index in [2.05, 4.69) is 22.2 Å². The molecule has 1 aliphatic rings. The van der Waals surface area contributed by atoms with Crippen LogP contribution in [0.25, 0.3) is 10.1 Å². The van der Waals surface area contributed by atoms with Crippen molar-refractivity contribution in [1.29, 1.82) is 0 Å². The Morgan fingerprint density at radius 2 is 1.84 bits per heavy atom. The fourth-order valence-electron chi connectivity index (χ4n) is 4.48. The Balaban J connectivity index is 1.28. The second kappa shape index (κ2) is 12.1. The van der Waals surface area contributed by atoms with Gasteiger partial charge in [0.05, 0.1) is 4.34 Å². The van der Waals surface area contributed by atoms with Crippen molar-refractivity contribution in [2.24, 2.45) is 0 Å². The van der Waals surface area contributed by atoms with Gasteiger partial charge in [0.25, 0.3) is 0 Å². The van der Waals surface area contributed by atoms with Gasteiger partial charge in [-0.3, -0.25) is 10.2 Å². The first-order valence-electron chi connectivity index (χ1n) is 12.5. The largest absolute Gasteiger partial charge is 0.481 e. The number of amides is 1. The van der Waals surface area contributed by atoms with Crippen molar-refractivity contribution in [2.75, 3.05) is 45.2 Å². The first-order chi connectivity index (χ1) is 18.4. The van der Waals surface area contributed by atoms with E-state index in [-0.39, 0.29) is 12.4 Å². The van der Waals surface area contributed by atoms with E-state index in [1.165, 1.54) is 23.5 Å². The molecule has 1 amide bonds. The van der Waals surface area contributed by atoms with Crippen LogP contribution in [0.15, 0.2) is 72.8 Å². The Bertz CT molecular complexity index is 1390. The summed E-state index contributed by atoms with van der Waals surface area (Å²) in [5.74, 6) is 0.324. The Morgan fingerprint density at radius 1 is 1.05 bits per heavy atom. The van der Waals surface area contributed by atoms with Crippen LogP contribution in [0, 0.1) is 5.82 Å². The van der Waals surface area contributed by atoms with Crippen molar-refractivity contribution in [2.45, 2.75) is 12.6 Å². The van der Waals surface area contributed by atoms with Crippen LogP contribution in [0.2, 0.25) is 4.34 Å². The number of fused-ring (bicyclic) bond motifs is 1. The van der Waals surface area contributed by atoms with Crippen molar-refractivity contribution in [3.05, 3.63) is 94.1 Å². The van der Waals surface area contributed by atoms with Crippen LogP contribution in [-0.4, -0.2) is 55.7 Å². The molecule has 1 N–H and O–H groups in total. The highest BCUT2D eigenvalue weighted by Gasteiger charge is 2.20. The molecule has 1 fully saturated rings. The number of thiophene rings is 1. The number of halogens is 2. The highest BCUT2D eigenvalue weighted by Crippen LogP contribution is 2.37. The van der Waals surface area contributed by atoms with Gasteiger partial charge in [-0.1, -0.05) is 48.0 Å². The number of hydrogen-bond donors (Lipinski definition) is 1. The number of ether oxygens (including phenoxy) is 2. The van der Waals surface area contributed by atoms with Crippen LogP contribution in [0.3, 0.4) is 0 Å². The van der Waals surface area contributed by atoms with Crippen molar-refractivity contribution >= 4 is 44.8 Å². The highest BCUT2D eigenvalue weighted by atomic mass is 35.5. The normalized spacial score (nSPS) is 15.3. The molecule has 1 aromatic heterocycles. The predicted molar refractivity (Wildman–Crippen MR) is 151 cm³/mol. The van der Waals surface area contributed by atoms with Crippen molar-refractivity contribution in [3.8, 4) is 5.75 Å². The van der Waals surface area contributed by atoms with Crippen LogP contribution in [0.5, 0.6) is 5.75 Å². The van der Waals surface area contributed by atoms with E-state index in [1.807, 2.05) is 54.6 Å². The van der Waals surface area contributed by atoms with E-state index in [4.69, 9.17) is 21.1 Å². The number of anilines is 1. The summed E-state index contributed by atoms with van der Waals surface area (Å²) in [4.78, 5) is 17.4. The van der Waals surface area contributed by atoms with Gasteiger partial charge in [0.1, 0.15) is 18.2 Å². The Kier molecular flexibility index (Phi) is 8.44. The summed E-state index contributed by atoms with van der Waals surface area (Å²) in [7, 11) is 2.09. The molecule has 0 saturated carbocycles. The molecule has 0 spiro atoms. The molecule has 3 aromatic carbocycles. The van der Waals surface area contributed by atoms with Gasteiger partial charge < -0.3 is 14.4 Å². The smallest absolute Gasteiger partial charge is 0.411 e. The lowest BCUT2D eigenvalue weighted by molar-refractivity contribution is 0.0909. The maximum atomic E-state index is 14.1. The number of nitrogens with zero attached hydrogens (tertiary/aromatic N) is 2. The lowest BCUT2D eigenvalue weighted by Gasteiger charge is -2.32. The summed E-state index contributed by atoms with van der Waals surface area (Å²) in [6, 6.07) is 21.7. The van der Waals surface area contributed by atoms with Gasteiger partial charge in [-0.25, -0.2) is 9.18 Å². The summed E-state index contributed by atoms with van der Waals surface area (Å²) in [6.07, 6.45) is -1.16. The number of hydrogen-bond acceptors (Lipinski definition) is 6. The Hall–Kier alpha value is -3.17. The topological polar surface area (TPSA) is 54.0 Å². The number of benzene rings is 3. The molecule has 38 heavy (non-hydrogen) atoms. The molecule has 4 aromatic rings. The molecule has 1 aliphatic heterocycles. The lowest BCUT2D eigenvalue weighted by atomic mass is 10.1. The zero-order valence-corrected chi connectivity index (χ0v) is 22.6. The molecular formula is C29H29ClFN3O3S. The van der Waals surface area contributed by atoms with Gasteiger partial charge in [0.15, 0.2) is 6.10 Å². The summed E-state index contributed by atoms with van der Waals surface area (Å²) in [5.41, 5.74) is 2.12. The zero-order valence-electron chi connectivity index (χ0n) is 21.0. The average Bonchev–Trinajstić information content (AvgIpc) is 3.31. The molecule has 6 nitrogen and oxygen atoms in total. The molecule has 9 heteroatoms. The van der Waals surface area contributed by atoms with Crippen LogP contribution in [0.1, 0.15) is 17.2 Å². The summed E-state index contributed by atoms with van der Waals surface area (Å²) < 4.78 is 27.7. The van der Waals surface area contributed by atoms with Crippen molar-refractivity contribution < 1.29 is 18.7 Å². The predicted octanol–water partition coefficient (Wildman–Crippen LogP) is 6.81. The van der Waals surface area contributed by atoms with Crippen molar-refractivity contribution in [3.63, 3.8) is 0 Å². The van der Waals surface area contributed by atoms with E-state index in [9.17, 15) is 9.18 Å². The second-order valence-electron chi connectivity index (χ2n) is 9.34. The molecule has 0 aliphatic carbocycles. The second-order valence-corrected chi connectivity index (χ2v) is 11.1. The molecule has 5 rings (SSSR count). The van der Waals surface area contributed by atoms with E-state index in [0.29, 0.717) is 27.9 Å². The molecule has 1 saturated heterocycles. The first-order valence-corrected chi connectivity index (χ1v) is 13.7. The van der Waals surface area contributed by atoms with Gasteiger partial charge in [0.2, 0.25) is 0 Å². The minimum atomic E-state index is -0.627. The number of rotatable bonds is 8. The van der Waals surface area contributed by atoms with E-state index >= 15 is 0 Å². The van der Waals surface area contributed by atoms with E-state index in [1.54, 1.807) is 6.07 Å². The Labute approximate surface area is 230 Å². The standard InChI is InChI=1S/C29H29ClFN3O3S/c1-33-12-14-34(15-13-33)18-21-16-22(31)10-11-24(21)32-29(35)36-19-26(20-6-3-2-4-7-20)37-25-8-5-9-27-23(25)17-28(30)38-27/h2-11,16-17,26H,12-15,18-19H2,1H3,(H,32,35). The lowest BCUT2D eigenvalue weighted by Crippen LogP contribution is -2.44. The first kappa shape index (κ1) is 26.4. The van der Waals surface area contributed by atoms with Crippen molar-refractivity contribution in [1.82, 2.24) is 9.80 Å². The third kappa shape index (κ3) is 6.63. The molecule has 198 valence electrons. The summed E-state index contributed by atoms with van der Waals surface area (Å²) >= 11 is 7.72. The maximum absolute atomic E-state index is 14.1.